The molecule has 4 heteroatoms. The Morgan fingerprint density at radius 2 is 1.36 bits per heavy atom. The van der Waals surface area contributed by atoms with E-state index in [0.717, 1.165) is 16.5 Å². The van der Waals surface area contributed by atoms with Gasteiger partial charge >= 0.3 is 0 Å². The molecule has 4 rings (SSSR count). The highest BCUT2D eigenvalue weighted by atomic mass is 16.1. The van der Waals surface area contributed by atoms with Crippen molar-refractivity contribution in [3.05, 3.63) is 68.1 Å². The fraction of sp³-hybridized carbons (Fsp3) is 0.111. The van der Waals surface area contributed by atoms with Gasteiger partial charge in [0.15, 0.2) is 5.43 Å². The van der Waals surface area contributed by atoms with Gasteiger partial charge in [-0.25, -0.2) is 0 Å². The quantitative estimate of drug-likeness (QED) is 0.386. The van der Waals surface area contributed by atoms with E-state index in [1.54, 1.807) is 0 Å². The molecule has 0 radical (unpaired) electrons. The van der Waals surface area contributed by atoms with E-state index in [0.29, 0.717) is 27.3 Å². The zero-order valence-electron chi connectivity index (χ0n) is 12.3. The van der Waals surface area contributed by atoms with E-state index in [1.807, 2.05) is 50.2 Å². The molecule has 0 saturated heterocycles. The molecule has 4 aromatic rings. The molecule has 2 aromatic carbocycles. The maximum Gasteiger partial charge on any atom is 0.272 e. The Morgan fingerprint density at radius 1 is 0.773 bits per heavy atom. The van der Waals surface area contributed by atoms with Gasteiger partial charge in [-0.2, -0.15) is 0 Å². The Bertz CT molecular complexity index is 1180. The lowest BCUT2D eigenvalue weighted by Crippen LogP contribution is -2.15. The number of fused-ring (bicyclic) bond motifs is 4. The van der Waals surface area contributed by atoms with Crippen LogP contribution in [0.5, 0.6) is 0 Å². The van der Waals surface area contributed by atoms with Gasteiger partial charge in [-0.15, -0.1) is 0 Å². The van der Waals surface area contributed by atoms with Crippen LogP contribution >= 0.6 is 0 Å². The van der Waals surface area contributed by atoms with Crippen LogP contribution in [0.2, 0.25) is 0 Å². The first-order valence-electron chi connectivity index (χ1n) is 7.13. The molecule has 108 valence electrons. The van der Waals surface area contributed by atoms with Gasteiger partial charge in [0.1, 0.15) is 5.52 Å². The van der Waals surface area contributed by atoms with E-state index in [-0.39, 0.29) is 11.0 Å². The molecule has 4 nitrogen and oxygen atoms in total. The van der Waals surface area contributed by atoms with Crippen molar-refractivity contribution < 1.29 is 0 Å². The number of hydrogen-bond donors (Lipinski definition) is 2. The van der Waals surface area contributed by atoms with Crippen molar-refractivity contribution in [3.8, 4) is 0 Å². The fourth-order valence-corrected chi connectivity index (χ4v) is 2.99. The number of aryl methyl sites for hydroxylation is 2. The van der Waals surface area contributed by atoms with Crippen LogP contribution in [-0.2, 0) is 0 Å². The predicted molar refractivity (Wildman–Crippen MR) is 89.7 cm³/mol. The molecule has 2 heterocycles. The monoisotopic (exact) mass is 290 g/mol. The topological polar surface area (TPSA) is 65.7 Å². The maximum absolute atomic E-state index is 12.9. The minimum atomic E-state index is -0.272. The third-order valence-corrected chi connectivity index (χ3v) is 4.08. The fourth-order valence-electron chi connectivity index (χ4n) is 2.99. The van der Waals surface area contributed by atoms with E-state index >= 15 is 0 Å². The second-order valence-electron chi connectivity index (χ2n) is 5.76. The molecule has 22 heavy (non-hydrogen) atoms. The van der Waals surface area contributed by atoms with E-state index < -0.39 is 0 Å². The van der Waals surface area contributed by atoms with Crippen molar-refractivity contribution >= 4 is 32.7 Å². The summed E-state index contributed by atoms with van der Waals surface area (Å²) < 4.78 is 0. The second-order valence-corrected chi connectivity index (χ2v) is 5.76. The normalized spacial score (nSPS) is 11.5. The van der Waals surface area contributed by atoms with Crippen molar-refractivity contribution in [2.45, 2.75) is 13.8 Å². The van der Waals surface area contributed by atoms with Gasteiger partial charge in [-0.05, 0) is 38.1 Å². The largest absolute Gasteiger partial charge is 0.350 e. The number of pyridine rings is 2. The molecule has 0 saturated carbocycles. The van der Waals surface area contributed by atoms with Crippen LogP contribution in [0.3, 0.4) is 0 Å². The molecule has 0 fully saturated rings. The van der Waals surface area contributed by atoms with Crippen LogP contribution in [0.15, 0.2) is 46.0 Å². The molecule has 0 spiro atoms. The summed E-state index contributed by atoms with van der Waals surface area (Å²) in [5.74, 6) is 0. The minimum Gasteiger partial charge on any atom is -0.350 e. The summed E-state index contributed by atoms with van der Waals surface area (Å²) in [6.45, 7) is 3.92. The molecule has 0 bridgehead atoms. The van der Waals surface area contributed by atoms with Gasteiger partial charge < -0.3 is 9.97 Å². The summed E-state index contributed by atoms with van der Waals surface area (Å²) in [4.78, 5) is 31.2. The van der Waals surface area contributed by atoms with Gasteiger partial charge in [0.25, 0.3) is 5.56 Å². The molecule has 2 N–H and O–H groups in total. The van der Waals surface area contributed by atoms with Crippen LogP contribution in [-0.4, -0.2) is 9.97 Å². The lowest BCUT2D eigenvalue weighted by molar-refractivity contribution is 1.30. The summed E-state index contributed by atoms with van der Waals surface area (Å²) in [6.07, 6.45) is 0. The summed E-state index contributed by atoms with van der Waals surface area (Å²) in [6, 6.07) is 11.3. The van der Waals surface area contributed by atoms with Crippen molar-refractivity contribution in [2.24, 2.45) is 0 Å². The van der Waals surface area contributed by atoms with Gasteiger partial charge in [-0.3, -0.25) is 9.59 Å². The highest BCUT2D eigenvalue weighted by molar-refractivity contribution is 6.07. The molecule has 0 amide bonds. The average molecular weight is 290 g/mol. The van der Waals surface area contributed by atoms with E-state index in [9.17, 15) is 9.59 Å². The Balaban J connectivity index is 2.39. The molecule has 0 aliphatic heterocycles. The number of benzene rings is 2. The number of H-pyrrole nitrogens is 2. The van der Waals surface area contributed by atoms with Crippen molar-refractivity contribution in [1.82, 2.24) is 9.97 Å². The first-order valence-corrected chi connectivity index (χ1v) is 7.13. The summed E-state index contributed by atoms with van der Waals surface area (Å²) in [7, 11) is 0. The maximum atomic E-state index is 12.9. The molecule has 2 aromatic heterocycles. The van der Waals surface area contributed by atoms with E-state index in [1.165, 1.54) is 0 Å². The molecular weight excluding hydrogens is 276 g/mol. The van der Waals surface area contributed by atoms with Gasteiger partial charge in [0.05, 0.1) is 5.39 Å². The van der Waals surface area contributed by atoms with E-state index in [4.69, 9.17) is 0 Å². The first kappa shape index (κ1) is 12.8. The zero-order chi connectivity index (χ0) is 15.4. The Morgan fingerprint density at radius 3 is 2.05 bits per heavy atom. The van der Waals surface area contributed by atoms with E-state index in [2.05, 4.69) is 9.97 Å². The Hall–Kier alpha value is -2.88. The van der Waals surface area contributed by atoms with Crippen molar-refractivity contribution in [2.75, 3.05) is 0 Å². The highest BCUT2D eigenvalue weighted by Crippen LogP contribution is 2.21. The van der Waals surface area contributed by atoms with Crippen LogP contribution in [0.4, 0.5) is 0 Å². The van der Waals surface area contributed by atoms with Crippen LogP contribution in [0.25, 0.3) is 32.7 Å². The van der Waals surface area contributed by atoms with Crippen LogP contribution in [0, 0.1) is 13.8 Å². The third-order valence-electron chi connectivity index (χ3n) is 4.08. The smallest absolute Gasteiger partial charge is 0.272 e. The van der Waals surface area contributed by atoms with Crippen LogP contribution in [0.1, 0.15) is 11.1 Å². The second kappa shape index (κ2) is 4.31. The summed E-state index contributed by atoms with van der Waals surface area (Å²) >= 11 is 0. The lowest BCUT2D eigenvalue weighted by Gasteiger charge is -2.07. The molecule has 0 unspecified atom stereocenters. The zero-order valence-corrected chi connectivity index (χ0v) is 12.3. The first-order chi connectivity index (χ1) is 10.5. The van der Waals surface area contributed by atoms with Crippen molar-refractivity contribution in [3.63, 3.8) is 0 Å². The van der Waals surface area contributed by atoms with Crippen molar-refractivity contribution in [1.29, 1.82) is 0 Å². The number of aromatic amines is 2. The summed E-state index contributed by atoms with van der Waals surface area (Å²) in [5.41, 5.74) is 3.38. The Kier molecular flexibility index (Phi) is 2.51. The number of aromatic nitrogens is 2. The number of rotatable bonds is 0. The molecular formula is C18H14N2O2. The van der Waals surface area contributed by atoms with Crippen LogP contribution < -0.4 is 11.0 Å². The van der Waals surface area contributed by atoms with Gasteiger partial charge in [0.2, 0.25) is 0 Å². The summed E-state index contributed by atoms with van der Waals surface area (Å²) in [5, 5.41) is 1.85. The number of nitrogens with one attached hydrogen (secondary N) is 2. The molecule has 0 atom stereocenters. The molecule has 0 aliphatic carbocycles. The van der Waals surface area contributed by atoms with Gasteiger partial charge in [-0.1, -0.05) is 23.3 Å². The minimum absolute atomic E-state index is 0.103. The average Bonchev–Trinajstić information content (AvgIpc) is 2.49. The number of hydrogen-bond acceptors (Lipinski definition) is 2. The molecule has 0 aliphatic rings. The Labute approximate surface area is 125 Å². The van der Waals surface area contributed by atoms with Gasteiger partial charge in [0, 0.05) is 21.8 Å². The third kappa shape index (κ3) is 1.70. The predicted octanol–water partition coefficient (Wildman–Crippen LogP) is 3.14. The standard InChI is InChI=1S/C18H14N2O2/c1-9-3-5-13-11(7-9)15-16(18(22)20-13)19-14-6-4-10(2)8-12(14)17(15)21/h3-8H,1-2H3,(H,19,21)(H,20,22). The SMILES string of the molecule is Cc1ccc2[nH]c3c(=O)[nH]c4ccc(C)cc4c3c(=O)c2c1. The lowest BCUT2D eigenvalue weighted by atomic mass is 10.0. The highest BCUT2D eigenvalue weighted by Gasteiger charge is 2.12.